The van der Waals surface area contributed by atoms with Crippen LogP contribution in [0.4, 0.5) is 0 Å². The zero-order valence-electron chi connectivity index (χ0n) is 11.4. The lowest BCUT2D eigenvalue weighted by atomic mass is 10.2. The number of amides is 1. The van der Waals surface area contributed by atoms with Crippen LogP contribution in [0.3, 0.4) is 0 Å². The first-order chi connectivity index (χ1) is 9.19. The number of aliphatic hydroxyl groups excluding tert-OH is 1. The van der Waals surface area contributed by atoms with E-state index in [9.17, 15) is 4.79 Å². The summed E-state index contributed by atoms with van der Waals surface area (Å²) in [5.41, 5.74) is 6.44. The molecule has 1 aromatic rings. The molecule has 0 aliphatic heterocycles. The molecule has 0 saturated carbocycles. The van der Waals surface area contributed by atoms with Crippen molar-refractivity contribution in [2.45, 2.75) is 12.6 Å². The van der Waals surface area contributed by atoms with E-state index in [1.54, 1.807) is 6.07 Å². The molecular formula is C13H21ClN2O4. The first-order valence-electron chi connectivity index (χ1n) is 6.02. The fraction of sp³-hybridized carbons (Fsp3) is 0.462. The number of benzene rings is 1. The van der Waals surface area contributed by atoms with Gasteiger partial charge in [0.25, 0.3) is 0 Å². The summed E-state index contributed by atoms with van der Waals surface area (Å²) in [7, 11) is 1.49. The fourth-order valence-corrected chi connectivity index (χ4v) is 1.51. The van der Waals surface area contributed by atoms with E-state index in [0.29, 0.717) is 12.3 Å². The Bertz CT molecular complexity index is 404. The van der Waals surface area contributed by atoms with E-state index >= 15 is 0 Å². The van der Waals surface area contributed by atoms with Gasteiger partial charge in [0.2, 0.25) is 5.91 Å². The van der Waals surface area contributed by atoms with Gasteiger partial charge in [-0.05, 0) is 6.07 Å². The van der Waals surface area contributed by atoms with Crippen LogP contribution in [-0.2, 0) is 16.1 Å². The summed E-state index contributed by atoms with van der Waals surface area (Å²) in [6.45, 7) is 0.653. The highest BCUT2D eigenvalue weighted by Crippen LogP contribution is 2.17. The van der Waals surface area contributed by atoms with Crippen LogP contribution in [-0.4, -0.2) is 44.0 Å². The molecule has 1 atom stereocenters. The second kappa shape index (κ2) is 10.4. The maximum atomic E-state index is 11.6. The number of aliphatic hydroxyl groups is 1. The summed E-state index contributed by atoms with van der Waals surface area (Å²) in [5, 5.41) is 11.5. The van der Waals surface area contributed by atoms with Crippen molar-refractivity contribution in [1.29, 1.82) is 0 Å². The zero-order valence-corrected chi connectivity index (χ0v) is 12.2. The predicted molar refractivity (Wildman–Crippen MR) is 78.0 cm³/mol. The monoisotopic (exact) mass is 304 g/mol. The van der Waals surface area contributed by atoms with Crippen LogP contribution in [0.15, 0.2) is 24.3 Å². The largest absolute Gasteiger partial charge is 0.491 e. The summed E-state index contributed by atoms with van der Waals surface area (Å²) in [4.78, 5) is 11.6. The highest BCUT2D eigenvalue weighted by Gasteiger charge is 2.13. The number of nitrogens with two attached hydrogens (primary N) is 1. The average molecular weight is 305 g/mol. The Kier molecular flexibility index (Phi) is 9.75. The number of hydrogen-bond donors (Lipinski definition) is 3. The average Bonchev–Trinajstić information content (AvgIpc) is 2.43. The number of hydrogen-bond acceptors (Lipinski definition) is 5. The van der Waals surface area contributed by atoms with Crippen molar-refractivity contribution in [2.75, 3.05) is 26.9 Å². The quantitative estimate of drug-likeness (QED) is 0.632. The Labute approximate surface area is 124 Å². The minimum Gasteiger partial charge on any atom is -0.491 e. The lowest BCUT2D eigenvalue weighted by Crippen LogP contribution is -2.43. The molecule has 7 heteroatoms. The Hall–Kier alpha value is -1.34. The molecule has 1 aromatic carbocycles. The van der Waals surface area contributed by atoms with Gasteiger partial charge in [0.1, 0.15) is 18.4 Å². The number of nitrogens with one attached hydrogen (secondary N) is 1. The van der Waals surface area contributed by atoms with Gasteiger partial charge in [-0.3, -0.25) is 4.79 Å². The van der Waals surface area contributed by atoms with Gasteiger partial charge in [0.15, 0.2) is 0 Å². The number of rotatable bonds is 8. The van der Waals surface area contributed by atoms with Crippen molar-refractivity contribution < 1.29 is 19.4 Å². The van der Waals surface area contributed by atoms with Crippen LogP contribution in [0, 0.1) is 0 Å². The van der Waals surface area contributed by atoms with Crippen LogP contribution in [0.2, 0.25) is 0 Å². The van der Waals surface area contributed by atoms with Crippen molar-refractivity contribution in [3.05, 3.63) is 29.8 Å². The van der Waals surface area contributed by atoms with Crippen LogP contribution < -0.4 is 15.8 Å². The summed E-state index contributed by atoms with van der Waals surface area (Å²) in [5.74, 6) is 0.357. The normalized spacial score (nSPS) is 11.3. The van der Waals surface area contributed by atoms with Gasteiger partial charge in [-0.1, -0.05) is 18.2 Å². The molecule has 4 N–H and O–H groups in total. The smallest absolute Gasteiger partial charge is 0.239 e. The Balaban J connectivity index is 0.00000361. The molecule has 0 spiro atoms. The van der Waals surface area contributed by atoms with Gasteiger partial charge in [-0.2, -0.15) is 0 Å². The van der Waals surface area contributed by atoms with E-state index < -0.39 is 6.04 Å². The van der Waals surface area contributed by atoms with E-state index in [1.165, 1.54) is 7.11 Å². The zero-order chi connectivity index (χ0) is 14.1. The minimum absolute atomic E-state index is 0. The molecule has 0 saturated heterocycles. The third kappa shape index (κ3) is 6.21. The van der Waals surface area contributed by atoms with Crippen LogP contribution in [0.1, 0.15) is 5.56 Å². The second-order valence-electron chi connectivity index (χ2n) is 3.96. The number of carbonyl (C=O) groups is 1. The van der Waals surface area contributed by atoms with Gasteiger partial charge >= 0.3 is 0 Å². The summed E-state index contributed by atoms with van der Waals surface area (Å²) < 4.78 is 10.2. The van der Waals surface area contributed by atoms with Gasteiger partial charge in [0.05, 0.1) is 13.2 Å². The number of halogens is 1. The maximum Gasteiger partial charge on any atom is 0.239 e. The van der Waals surface area contributed by atoms with Crippen molar-refractivity contribution in [2.24, 2.45) is 5.73 Å². The summed E-state index contributed by atoms with van der Waals surface area (Å²) >= 11 is 0. The van der Waals surface area contributed by atoms with Crippen molar-refractivity contribution in [1.82, 2.24) is 5.32 Å². The van der Waals surface area contributed by atoms with Gasteiger partial charge in [0, 0.05) is 19.2 Å². The molecule has 0 aliphatic carbocycles. The Morgan fingerprint density at radius 2 is 2.15 bits per heavy atom. The number of ether oxygens (including phenoxy) is 2. The molecule has 6 nitrogen and oxygen atoms in total. The van der Waals surface area contributed by atoms with Gasteiger partial charge in [-0.15, -0.1) is 12.4 Å². The third-order valence-corrected chi connectivity index (χ3v) is 2.46. The molecule has 0 fully saturated rings. The van der Waals surface area contributed by atoms with E-state index in [-0.39, 0.29) is 38.1 Å². The predicted octanol–water partition coefficient (Wildman–Crippen LogP) is 0.0694. The molecule has 20 heavy (non-hydrogen) atoms. The Morgan fingerprint density at radius 1 is 1.45 bits per heavy atom. The van der Waals surface area contributed by atoms with E-state index in [2.05, 4.69) is 5.32 Å². The maximum absolute atomic E-state index is 11.6. The number of carbonyl (C=O) groups excluding carboxylic acids is 1. The molecule has 0 radical (unpaired) electrons. The van der Waals surface area contributed by atoms with E-state index in [1.807, 2.05) is 18.2 Å². The summed E-state index contributed by atoms with van der Waals surface area (Å²) in [6.07, 6.45) is 0. The molecule has 0 bridgehead atoms. The Morgan fingerprint density at radius 3 is 2.80 bits per heavy atom. The molecule has 0 heterocycles. The van der Waals surface area contributed by atoms with Gasteiger partial charge in [-0.25, -0.2) is 0 Å². The molecular weight excluding hydrogens is 284 g/mol. The first kappa shape index (κ1) is 18.7. The molecule has 1 amide bonds. The highest BCUT2D eigenvalue weighted by molar-refractivity contribution is 5.85. The third-order valence-electron chi connectivity index (χ3n) is 2.46. The van der Waals surface area contributed by atoms with Crippen molar-refractivity contribution in [3.63, 3.8) is 0 Å². The van der Waals surface area contributed by atoms with Crippen LogP contribution >= 0.6 is 12.4 Å². The van der Waals surface area contributed by atoms with E-state index in [4.69, 9.17) is 20.3 Å². The second-order valence-corrected chi connectivity index (χ2v) is 3.96. The minimum atomic E-state index is -0.685. The SMILES string of the molecule is COCC(N)C(=O)NCc1ccccc1OCCO.Cl. The number of methoxy groups -OCH3 is 1. The van der Waals surface area contributed by atoms with E-state index in [0.717, 1.165) is 5.56 Å². The highest BCUT2D eigenvalue weighted by atomic mass is 35.5. The molecule has 1 unspecified atom stereocenters. The lowest BCUT2D eigenvalue weighted by Gasteiger charge is -2.13. The fourth-order valence-electron chi connectivity index (χ4n) is 1.51. The summed E-state index contributed by atoms with van der Waals surface area (Å²) in [6, 6.07) is 6.62. The van der Waals surface area contributed by atoms with Crippen molar-refractivity contribution in [3.8, 4) is 5.75 Å². The van der Waals surface area contributed by atoms with Crippen LogP contribution in [0.25, 0.3) is 0 Å². The van der Waals surface area contributed by atoms with Gasteiger partial charge < -0.3 is 25.6 Å². The van der Waals surface area contributed by atoms with Crippen molar-refractivity contribution >= 4 is 18.3 Å². The lowest BCUT2D eigenvalue weighted by molar-refractivity contribution is -0.123. The topological polar surface area (TPSA) is 93.8 Å². The number of para-hydroxylation sites is 1. The molecule has 1 rings (SSSR count). The molecule has 114 valence electrons. The van der Waals surface area contributed by atoms with Crippen LogP contribution in [0.5, 0.6) is 5.75 Å². The standard InChI is InChI=1S/C13H20N2O4.ClH/c1-18-9-11(14)13(17)15-8-10-4-2-3-5-12(10)19-7-6-16;/h2-5,11,16H,6-9,14H2,1H3,(H,15,17);1H. The first-order valence-corrected chi connectivity index (χ1v) is 6.02. The molecule has 0 aromatic heterocycles. The molecule has 0 aliphatic rings.